The molecule has 1 aromatic heterocycles. The van der Waals surface area contributed by atoms with Gasteiger partial charge in [-0.25, -0.2) is 4.98 Å². The van der Waals surface area contributed by atoms with E-state index in [2.05, 4.69) is 10.3 Å². The van der Waals surface area contributed by atoms with E-state index in [0.717, 1.165) is 25.7 Å². The van der Waals surface area contributed by atoms with Crippen molar-refractivity contribution in [3.8, 4) is 5.69 Å². The van der Waals surface area contributed by atoms with Crippen LogP contribution in [0.4, 0.5) is 0 Å². The first-order valence-electron chi connectivity index (χ1n) is 11.0. The van der Waals surface area contributed by atoms with Crippen LogP contribution >= 0.6 is 0 Å². The number of nitrogens with zero attached hydrogens (tertiary/aromatic N) is 2. The Labute approximate surface area is 181 Å². The topological polar surface area (TPSA) is 84.2 Å². The average Bonchev–Trinajstić information content (AvgIpc) is 2.78. The molecule has 2 aromatic carbocycles. The zero-order chi connectivity index (χ0) is 22.0. The molecule has 1 atom stereocenters. The number of fused-ring (bicyclic) bond motifs is 1. The van der Waals surface area contributed by atoms with Crippen molar-refractivity contribution in [2.75, 3.05) is 6.54 Å². The molecule has 1 fully saturated rings. The molecule has 2 N–H and O–H groups in total. The van der Waals surface area contributed by atoms with E-state index in [0.29, 0.717) is 28.0 Å². The summed E-state index contributed by atoms with van der Waals surface area (Å²) in [6.45, 7) is 3.83. The van der Waals surface area contributed by atoms with E-state index in [4.69, 9.17) is 0 Å². The molecule has 3 aromatic rings. The Kier molecular flexibility index (Phi) is 5.92. The van der Waals surface area contributed by atoms with E-state index in [1.807, 2.05) is 25.1 Å². The summed E-state index contributed by atoms with van der Waals surface area (Å²) in [6.07, 6.45) is 5.51. The molecule has 1 amide bonds. The summed E-state index contributed by atoms with van der Waals surface area (Å²) in [5.74, 6) is 0.576. The van der Waals surface area contributed by atoms with Crippen molar-refractivity contribution in [1.29, 1.82) is 0 Å². The first-order valence-corrected chi connectivity index (χ1v) is 11.0. The minimum Gasteiger partial charge on any atom is -0.388 e. The van der Waals surface area contributed by atoms with Crippen molar-refractivity contribution in [3.63, 3.8) is 0 Å². The van der Waals surface area contributed by atoms with Crippen molar-refractivity contribution in [1.82, 2.24) is 14.9 Å². The summed E-state index contributed by atoms with van der Waals surface area (Å²) in [4.78, 5) is 30.1. The van der Waals surface area contributed by atoms with Crippen molar-refractivity contribution >= 4 is 16.8 Å². The van der Waals surface area contributed by atoms with Gasteiger partial charge in [0.15, 0.2) is 0 Å². The van der Waals surface area contributed by atoms with E-state index in [1.165, 1.54) is 6.42 Å². The maximum absolute atomic E-state index is 12.9. The second-order valence-corrected chi connectivity index (χ2v) is 8.74. The number of aromatic nitrogens is 2. The van der Waals surface area contributed by atoms with Crippen LogP contribution in [0.5, 0.6) is 0 Å². The minimum atomic E-state index is -0.906. The molecule has 1 saturated carbocycles. The Morgan fingerprint density at radius 1 is 1.13 bits per heavy atom. The molecule has 0 radical (unpaired) electrons. The number of carbonyl (C=O) groups excluding carboxylic acids is 1. The number of hydrogen-bond donors (Lipinski definition) is 2. The highest BCUT2D eigenvalue weighted by Crippen LogP contribution is 2.32. The molecule has 1 aliphatic carbocycles. The molecule has 4 rings (SSSR count). The standard InChI is InChI=1S/C25H29N3O3/c1-17-27-22-11-7-6-10-21(22)24(30)28(17)20-14-12-18(13-15-20)23(29)26-16-25(2,31)19-8-4-3-5-9-19/h6-7,10-15,19,31H,3-5,8-9,16H2,1-2H3,(H,26,29)/t25-/m0/s1. The number of hydrogen-bond acceptors (Lipinski definition) is 4. The molecule has 0 bridgehead atoms. The fourth-order valence-corrected chi connectivity index (χ4v) is 4.54. The van der Waals surface area contributed by atoms with Gasteiger partial charge in [0, 0.05) is 12.1 Å². The highest BCUT2D eigenvalue weighted by Gasteiger charge is 2.33. The second-order valence-electron chi connectivity index (χ2n) is 8.74. The van der Waals surface area contributed by atoms with Crippen LogP contribution in [-0.4, -0.2) is 32.7 Å². The van der Waals surface area contributed by atoms with Crippen molar-refractivity contribution < 1.29 is 9.90 Å². The largest absolute Gasteiger partial charge is 0.388 e. The Morgan fingerprint density at radius 2 is 1.81 bits per heavy atom. The summed E-state index contributed by atoms with van der Waals surface area (Å²) in [5.41, 5.74) is 0.775. The fourth-order valence-electron chi connectivity index (χ4n) is 4.54. The molecular weight excluding hydrogens is 390 g/mol. The van der Waals surface area contributed by atoms with Gasteiger partial charge in [-0.05, 0) is 69.0 Å². The van der Waals surface area contributed by atoms with Crippen LogP contribution in [0.3, 0.4) is 0 Å². The van der Waals surface area contributed by atoms with Crippen LogP contribution in [-0.2, 0) is 0 Å². The Bertz CT molecular complexity index is 1140. The van der Waals surface area contributed by atoms with Gasteiger partial charge >= 0.3 is 0 Å². The first-order chi connectivity index (χ1) is 14.9. The van der Waals surface area contributed by atoms with Gasteiger partial charge in [-0.3, -0.25) is 14.2 Å². The maximum Gasteiger partial charge on any atom is 0.265 e. The molecular formula is C25H29N3O3. The Balaban J connectivity index is 1.50. The normalized spacial score (nSPS) is 16.7. The fraction of sp³-hybridized carbons (Fsp3) is 0.400. The number of nitrogens with one attached hydrogen (secondary N) is 1. The van der Waals surface area contributed by atoms with Gasteiger partial charge in [0.05, 0.1) is 22.2 Å². The highest BCUT2D eigenvalue weighted by atomic mass is 16.3. The zero-order valence-corrected chi connectivity index (χ0v) is 18.1. The molecule has 1 heterocycles. The number of benzene rings is 2. The number of rotatable bonds is 5. The van der Waals surface area contributed by atoms with Gasteiger partial charge in [-0.1, -0.05) is 31.4 Å². The monoisotopic (exact) mass is 419 g/mol. The zero-order valence-electron chi connectivity index (χ0n) is 18.1. The molecule has 0 aliphatic heterocycles. The smallest absolute Gasteiger partial charge is 0.265 e. The molecule has 0 saturated heterocycles. The highest BCUT2D eigenvalue weighted by molar-refractivity contribution is 5.94. The summed E-state index contributed by atoms with van der Waals surface area (Å²) >= 11 is 0. The maximum atomic E-state index is 12.9. The Hall–Kier alpha value is -2.99. The molecule has 162 valence electrons. The number of aliphatic hydroxyl groups is 1. The van der Waals surface area contributed by atoms with Gasteiger partial charge in [-0.2, -0.15) is 0 Å². The van der Waals surface area contributed by atoms with E-state index >= 15 is 0 Å². The lowest BCUT2D eigenvalue weighted by molar-refractivity contribution is -0.0143. The van der Waals surface area contributed by atoms with E-state index in [1.54, 1.807) is 41.8 Å². The van der Waals surface area contributed by atoms with Crippen LogP contribution in [0.2, 0.25) is 0 Å². The van der Waals surface area contributed by atoms with E-state index in [9.17, 15) is 14.7 Å². The first kappa shape index (κ1) is 21.2. The SMILES string of the molecule is Cc1nc2ccccc2c(=O)n1-c1ccc(C(=O)NC[C@](C)(O)C2CCCCC2)cc1. The predicted octanol–water partition coefficient (Wildman–Crippen LogP) is 3.76. The third-order valence-corrected chi connectivity index (χ3v) is 6.42. The van der Waals surface area contributed by atoms with Gasteiger partial charge in [0.2, 0.25) is 0 Å². The second kappa shape index (κ2) is 8.63. The van der Waals surface area contributed by atoms with Gasteiger partial charge < -0.3 is 10.4 Å². The molecule has 0 unspecified atom stereocenters. The van der Waals surface area contributed by atoms with Crippen LogP contribution < -0.4 is 10.9 Å². The van der Waals surface area contributed by atoms with Crippen LogP contribution in [0.1, 0.15) is 55.2 Å². The van der Waals surface area contributed by atoms with Crippen LogP contribution in [0.25, 0.3) is 16.6 Å². The molecule has 6 nitrogen and oxygen atoms in total. The summed E-state index contributed by atoms with van der Waals surface area (Å²) < 4.78 is 1.55. The molecule has 0 spiro atoms. The van der Waals surface area contributed by atoms with Crippen LogP contribution in [0, 0.1) is 12.8 Å². The molecule has 31 heavy (non-hydrogen) atoms. The number of carbonyl (C=O) groups is 1. The van der Waals surface area contributed by atoms with Gasteiger partial charge in [-0.15, -0.1) is 0 Å². The number of para-hydroxylation sites is 1. The average molecular weight is 420 g/mol. The van der Waals surface area contributed by atoms with Gasteiger partial charge in [0.25, 0.3) is 11.5 Å². The minimum absolute atomic E-state index is 0.135. The summed E-state index contributed by atoms with van der Waals surface area (Å²) in [6, 6.07) is 14.2. The quantitative estimate of drug-likeness (QED) is 0.660. The lowest BCUT2D eigenvalue weighted by Gasteiger charge is -2.35. The molecule has 1 aliphatic rings. The third kappa shape index (κ3) is 4.39. The van der Waals surface area contributed by atoms with E-state index < -0.39 is 5.60 Å². The summed E-state index contributed by atoms with van der Waals surface area (Å²) in [7, 11) is 0. The van der Waals surface area contributed by atoms with Crippen molar-refractivity contribution in [3.05, 3.63) is 70.3 Å². The van der Waals surface area contributed by atoms with Crippen molar-refractivity contribution in [2.24, 2.45) is 5.92 Å². The van der Waals surface area contributed by atoms with Crippen molar-refractivity contribution in [2.45, 2.75) is 51.6 Å². The predicted molar refractivity (Wildman–Crippen MR) is 122 cm³/mol. The third-order valence-electron chi connectivity index (χ3n) is 6.42. The lowest BCUT2D eigenvalue weighted by atomic mass is 9.78. The summed E-state index contributed by atoms with van der Waals surface area (Å²) in [5, 5.41) is 14.2. The van der Waals surface area contributed by atoms with E-state index in [-0.39, 0.29) is 23.9 Å². The van der Waals surface area contributed by atoms with Gasteiger partial charge in [0.1, 0.15) is 5.82 Å². The van der Waals surface area contributed by atoms with Crippen LogP contribution in [0.15, 0.2) is 53.3 Å². The number of amides is 1. The molecule has 6 heteroatoms. The number of aryl methyl sites for hydroxylation is 1. The lowest BCUT2D eigenvalue weighted by Crippen LogP contribution is -2.46. The Morgan fingerprint density at radius 3 is 2.52 bits per heavy atom.